The molecule has 0 aromatic heterocycles. The molecule has 0 aromatic rings. The monoisotopic (exact) mass is 240 g/mol. The van der Waals surface area contributed by atoms with Gasteiger partial charge in [-0.05, 0) is 50.6 Å². The summed E-state index contributed by atoms with van der Waals surface area (Å²) in [7, 11) is 0. The summed E-state index contributed by atoms with van der Waals surface area (Å²) in [4.78, 5) is 2.38. The molecule has 17 heavy (non-hydrogen) atoms. The first kappa shape index (κ1) is 13.3. The molecule has 2 rings (SSSR count). The van der Waals surface area contributed by atoms with Crippen molar-refractivity contribution in [1.29, 1.82) is 0 Å². The van der Waals surface area contributed by atoms with E-state index in [-0.39, 0.29) is 5.41 Å². The number of likely N-dealkylation sites (N-methyl/N-ethyl adjacent to an activating group) is 1. The first-order valence-electron chi connectivity index (χ1n) is 7.04. The average molecular weight is 240 g/mol. The maximum atomic E-state index is 11.0. The van der Waals surface area contributed by atoms with Crippen molar-refractivity contribution in [2.45, 2.75) is 64.0 Å². The van der Waals surface area contributed by atoms with Gasteiger partial charge in [0.25, 0.3) is 0 Å². The first-order valence-corrected chi connectivity index (χ1v) is 7.04. The van der Waals surface area contributed by atoms with E-state index >= 15 is 0 Å². The largest absolute Gasteiger partial charge is 0.388 e. The summed E-state index contributed by atoms with van der Waals surface area (Å²) in [5.74, 6) is 0. The molecule has 1 aliphatic carbocycles. The standard InChI is InChI=1S/C14H28N2O/c1-4-16-9-5-6-13(15,11-16)14(17)8-7-12(2,3)10-14/h17H,4-11,15H2,1-3H3. The number of likely N-dealkylation sites (tertiary alicyclic amines) is 1. The molecule has 0 aromatic carbocycles. The van der Waals surface area contributed by atoms with E-state index in [1.54, 1.807) is 0 Å². The highest BCUT2D eigenvalue weighted by Gasteiger charge is 2.54. The van der Waals surface area contributed by atoms with Crippen molar-refractivity contribution in [1.82, 2.24) is 4.90 Å². The second kappa shape index (κ2) is 4.22. The van der Waals surface area contributed by atoms with E-state index in [4.69, 9.17) is 5.73 Å². The minimum atomic E-state index is -0.648. The van der Waals surface area contributed by atoms with Crippen molar-refractivity contribution in [2.24, 2.45) is 11.1 Å². The number of hydrogen-bond donors (Lipinski definition) is 2. The zero-order valence-electron chi connectivity index (χ0n) is 11.6. The van der Waals surface area contributed by atoms with Crippen LogP contribution in [0.2, 0.25) is 0 Å². The minimum absolute atomic E-state index is 0.246. The van der Waals surface area contributed by atoms with E-state index < -0.39 is 11.1 Å². The Kier molecular flexibility index (Phi) is 3.30. The Labute approximate surface area is 105 Å². The van der Waals surface area contributed by atoms with Crippen molar-refractivity contribution in [3.63, 3.8) is 0 Å². The molecule has 2 fully saturated rings. The number of nitrogens with zero attached hydrogens (tertiary/aromatic N) is 1. The van der Waals surface area contributed by atoms with Crippen LogP contribution in [0, 0.1) is 5.41 Å². The fraction of sp³-hybridized carbons (Fsp3) is 1.00. The molecule has 0 spiro atoms. The topological polar surface area (TPSA) is 49.5 Å². The van der Waals surface area contributed by atoms with Gasteiger partial charge in [0.1, 0.15) is 0 Å². The fourth-order valence-corrected chi connectivity index (χ4v) is 3.76. The minimum Gasteiger partial charge on any atom is -0.388 e. The van der Waals surface area contributed by atoms with Gasteiger partial charge >= 0.3 is 0 Å². The molecule has 1 saturated carbocycles. The van der Waals surface area contributed by atoms with Gasteiger partial charge in [0.05, 0.1) is 11.1 Å². The maximum absolute atomic E-state index is 11.0. The highest BCUT2D eigenvalue weighted by Crippen LogP contribution is 2.49. The van der Waals surface area contributed by atoms with Gasteiger partial charge < -0.3 is 15.7 Å². The fourth-order valence-electron chi connectivity index (χ4n) is 3.76. The zero-order valence-corrected chi connectivity index (χ0v) is 11.6. The van der Waals surface area contributed by atoms with Gasteiger partial charge in [-0.2, -0.15) is 0 Å². The molecule has 2 atom stereocenters. The molecule has 0 radical (unpaired) electrons. The van der Waals surface area contributed by atoms with Gasteiger partial charge in [0.15, 0.2) is 0 Å². The van der Waals surface area contributed by atoms with Crippen LogP contribution >= 0.6 is 0 Å². The average Bonchev–Trinajstić information content (AvgIpc) is 2.55. The van der Waals surface area contributed by atoms with Crippen molar-refractivity contribution in [2.75, 3.05) is 19.6 Å². The van der Waals surface area contributed by atoms with Gasteiger partial charge in [-0.1, -0.05) is 20.8 Å². The summed E-state index contributed by atoms with van der Waals surface area (Å²) in [6.45, 7) is 9.70. The van der Waals surface area contributed by atoms with E-state index in [2.05, 4.69) is 25.7 Å². The van der Waals surface area contributed by atoms with Crippen LogP contribution < -0.4 is 5.73 Å². The summed E-state index contributed by atoms with van der Waals surface area (Å²) in [6.07, 6.45) is 4.90. The highest BCUT2D eigenvalue weighted by atomic mass is 16.3. The van der Waals surface area contributed by atoms with Gasteiger partial charge in [-0.15, -0.1) is 0 Å². The van der Waals surface area contributed by atoms with E-state index in [1.807, 2.05) is 0 Å². The molecule has 3 N–H and O–H groups in total. The summed E-state index contributed by atoms with van der Waals surface area (Å²) in [6, 6.07) is 0. The van der Waals surface area contributed by atoms with Crippen LogP contribution in [0.4, 0.5) is 0 Å². The Balaban J connectivity index is 2.14. The van der Waals surface area contributed by atoms with Gasteiger partial charge in [0.2, 0.25) is 0 Å². The van der Waals surface area contributed by atoms with Crippen molar-refractivity contribution < 1.29 is 5.11 Å². The molecule has 0 amide bonds. The van der Waals surface area contributed by atoms with Crippen molar-refractivity contribution in [3.8, 4) is 0 Å². The van der Waals surface area contributed by atoms with Crippen LogP contribution in [0.3, 0.4) is 0 Å². The molecule has 3 nitrogen and oxygen atoms in total. The molecule has 3 heteroatoms. The molecule has 1 saturated heterocycles. The SMILES string of the molecule is CCN1CCCC(N)(C2(O)CCC(C)(C)C2)C1. The number of aliphatic hydroxyl groups is 1. The second-order valence-electron chi connectivity index (χ2n) is 7.00. The number of nitrogens with two attached hydrogens (primary N) is 1. The lowest BCUT2D eigenvalue weighted by Crippen LogP contribution is -2.67. The van der Waals surface area contributed by atoms with Crippen LogP contribution in [0.15, 0.2) is 0 Å². The van der Waals surface area contributed by atoms with Crippen LogP contribution in [-0.4, -0.2) is 40.8 Å². The molecule has 100 valence electrons. The summed E-state index contributed by atoms with van der Waals surface area (Å²) in [5, 5.41) is 11.0. The summed E-state index contributed by atoms with van der Waals surface area (Å²) < 4.78 is 0. The van der Waals surface area contributed by atoms with Crippen LogP contribution in [-0.2, 0) is 0 Å². The third-order valence-electron chi connectivity index (χ3n) is 4.96. The Morgan fingerprint density at radius 2 is 1.94 bits per heavy atom. The summed E-state index contributed by atoms with van der Waals surface area (Å²) >= 11 is 0. The van der Waals surface area contributed by atoms with Gasteiger partial charge in [-0.3, -0.25) is 0 Å². The van der Waals surface area contributed by atoms with E-state index in [0.29, 0.717) is 0 Å². The number of rotatable bonds is 2. The molecule has 2 aliphatic rings. The lowest BCUT2D eigenvalue weighted by molar-refractivity contribution is -0.0662. The molecule has 1 aliphatic heterocycles. The Bertz CT molecular complexity index is 292. The van der Waals surface area contributed by atoms with Gasteiger partial charge in [-0.25, -0.2) is 0 Å². The summed E-state index contributed by atoms with van der Waals surface area (Å²) in [5.41, 5.74) is 5.80. The smallest absolute Gasteiger partial charge is 0.0844 e. The Hall–Kier alpha value is -0.120. The highest BCUT2D eigenvalue weighted by molar-refractivity contribution is 5.11. The van der Waals surface area contributed by atoms with E-state index in [9.17, 15) is 5.11 Å². The van der Waals surface area contributed by atoms with E-state index in [0.717, 1.165) is 51.7 Å². The van der Waals surface area contributed by atoms with E-state index in [1.165, 1.54) is 0 Å². The second-order valence-corrected chi connectivity index (χ2v) is 7.00. The molecular weight excluding hydrogens is 212 g/mol. The Morgan fingerprint density at radius 3 is 2.47 bits per heavy atom. The van der Waals surface area contributed by atoms with Crippen LogP contribution in [0.25, 0.3) is 0 Å². The molecular formula is C14H28N2O. The first-order chi connectivity index (χ1) is 7.80. The molecule has 0 bridgehead atoms. The predicted octanol–water partition coefficient (Wildman–Crippen LogP) is 1.74. The zero-order chi connectivity index (χ0) is 12.7. The normalized spacial score (nSPS) is 42.9. The van der Waals surface area contributed by atoms with Crippen molar-refractivity contribution >= 4 is 0 Å². The maximum Gasteiger partial charge on any atom is 0.0844 e. The number of piperidine rings is 1. The Morgan fingerprint density at radius 1 is 1.24 bits per heavy atom. The van der Waals surface area contributed by atoms with Crippen molar-refractivity contribution in [3.05, 3.63) is 0 Å². The van der Waals surface area contributed by atoms with Gasteiger partial charge in [0, 0.05) is 6.54 Å². The molecule has 1 heterocycles. The lowest BCUT2D eigenvalue weighted by atomic mass is 9.72. The predicted molar refractivity (Wildman–Crippen MR) is 70.8 cm³/mol. The number of hydrogen-bond acceptors (Lipinski definition) is 3. The lowest BCUT2D eigenvalue weighted by Gasteiger charge is -2.49. The quantitative estimate of drug-likeness (QED) is 0.773. The van der Waals surface area contributed by atoms with Crippen LogP contribution in [0.5, 0.6) is 0 Å². The van der Waals surface area contributed by atoms with Crippen LogP contribution in [0.1, 0.15) is 52.9 Å². The molecule has 2 unspecified atom stereocenters. The third-order valence-corrected chi connectivity index (χ3v) is 4.96. The third kappa shape index (κ3) is 2.38.